The number of anilines is 1. The van der Waals surface area contributed by atoms with Gasteiger partial charge in [-0.25, -0.2) is 9.78 Å². The minimum Gasteiger partial charge on any atom is -0.461 e. The molecular formula is C32H39N7O3. The third kappa shape index (κ3) is 6.99. The van der Waals surface area contributed by atoms with Crippen molar-refractivity contribution in [1.82, 2.24) is 30.2 Å². The van der Waals surface area contributed by atoms with Crippen molar-refractivity contribution in [2.75, 3.05) is 18.1 Å². The van der Waals surface area contributed by atoms with Gasteiger partial charge in [-0.15, -0.1) is 10.2 Å². The minimum atomic E-state index is -0.487. The number of carbonyl (C=O) groups is 2. The number of imidazole rings is 1. The van der Waals surface area contributed by atoms with Crippen LogP contribution in [0.3, 0.4) is 0 Å². The zero-order valence-electron chi connectivity index (χ0n) is 25.1. The van der Waals surface area contributed by atoms with Gasteiger partial charge in [0.15, 0.2) is 11.5 Å². The normalized spacial score (nSPS) is 10.9. The molecule has 2 aromatic heterocycles. The number of H-pyrrole nitrogens is 1. The maximum Gasteiger partial charge on any atom is 0.358 e. The van der Waals surface area contributed by atoms with Gasteiger partial charge in [-0.05, 0) is 55.5 Å². The molecule has 10 heteroatoms. The second-order valence-electron chi connectivity index (χ2n) is 10.3. The van der Waals surface area contributed by atoms with Crippen LogP contribution in [0.15, 0.2) is 60.2 Å². The Morgan fingerprint density at radius 3 is 2.36 bits per heavy atom. The molecule has 0 radical (unpaired) electrons. The fraction of sp³-hybridized carbons (Fsp3) is 0.375. The van der Waals surface area contributed by atoms with Crippen molar-refractivity contribution in [3.8, 4) is 22.5 Å². The fourth-order valence-corrected chi connectivity index (χ4v) is 4.82. The van der Waals surface area contributed by atoms with E-state index in [1.165, 1.54) is 0 Å². The first-order chi connectivity index (χ1) is 20.4. The van der Waals surface area contributed by atoms with Gasteiger partial charge < -0.3 is 9.30 Å². The van der Waals surface area contributed by atoms with E-state index in [0.717, 1.165) is 46.5 Å². The molecule has 2 aromatic carbocycles. The molecule has 0 atom stereocenters. The number of esters is 1. The van der Waals surface area contributed by atoms with Crippen LogP contribution in [0.4, 0.5) is 5.82 Å². The lowest BCUT2D eigenvalue weighted by Crippen LogP contribution is -2.32. The molecule has 0 spiro atoms. The van der Waals surface area contributed by atoms with Gasteiger partial charge in [0.25, 0.3) is 5.91 Å². The van der Waals surface area contributed by atoms with E-state index in [1.807, 2.05) is 73.9 Å². The highest BCUT2D eigenvalue weighted by Crippen LogP contribution is 2.31. The summed E-state index contributed by atoms with van der Waals surface area (Å²) < 4.78 is 7.43. The van der Waals surface area contributed by atoms with Crippen molar-refractivity contribution >= 4 is 17.7 Å². The van der Waals surface area contributed by atoms with Crippen LogP contribution in [0.5, 0.6) is 0 Å². The second kappa shape index (κ2) is 14.3. The summed E-state index contributed by atoms with van der Waals surface area (Å²) in [5.41, 5.74) is 5.04. The van der Waals surface area contributed by atoms with Crippen molar-refractivity contribution < 1.29 is 14.3 Å². The molecule has 0 saturated carbocycles. The zero-order chi connectivity index (χ0) is 30.1. The topological polar surface area (TPSA) is 119 Å². The average molecular weight is 570 g/mol. The maximum absolute atomic E-state index is 13.5. The number of carbonyl (C=O) groups excluding carboxylic acids is 2. The molecule has 1 amide bonds. The SMILES string of the molecule is CCCCc1nc(N(CCC)C(=O)C=C(C)C)c(C(=O)OCC)n1Cc1ccc(-c2ccccc2-c2nn[nH]n2)cc1. The minimum absolute atomic E-state index is 0.196. The molecule has 0 aliphatic heterocycles. The molecule has 42 heavy (non-hydrogen) atoms. The van der Waals surface area contributed by atoms with E-state index < -0.39 is 5.97 Å². The van der Waals surface area contributed by atoms with Gasteiger partial charge in [-0.3, -0.25) is 9.69 Å². The summed E-state index contributed by atoms with van der Waals surface area (Å²) in [6, 6.07) is 16.1. The number of hydrogen-bond acceptors (Lipinski definition) is 7. The van der Waals surface area contributed by atoms with Gasteiger partial charge in [-0.2, -0.15) is 5.21 Å². The van der Waals surface area contributed by atoms with Crippen LogP contribution < -0.4 is 4.90 Å². The number of aromatic amines is 1. The summed E-state index contributed by atoms with van der Waals surface area (Å²) in [4.78, 5) is 33.3. The highest BCUT2D eigenvalue weighted by Gasteiger charge is 2.30. The molecule has 1 N–H and O–H groups in total. The molecule has 0 saturated heterocycles. The number of aryl methyl sites for hydroxylation is 1. The Bertz CT molecular complexity index is 1520. The Kier molecular flexibility index (Phi) is 10.4. The van der Waals surface area contributed by atoms with Crippen LogP contribution in [0.25, 0.3) is 22.5 Å². The monoisotopic (exact) mass is 569 g/mol. The highest BCUT2D eigenvalue weighted by atomic mass is 16.5. The Morgan fingerprint density at radius 1 is 1.00 bits per heavy atom. The third-order valence-electron chi connectivity index (χ3n) is 6.75. The molecule has 220 valence electrons. The smallest absolute Gasteiger partial charge is 0.358 e. The standard InChI is InChI=1S/C32H39N7O3/c1-6-9-14-27-33-31(38(19-7-2)28(40)20-22(4)5)29(32(41)42-8-3)39(27)21-23-15-17-24(18-16-23)25-12-10-11-13-26(25)30-34-36-37-35-30/h10-13,15-18,20H,6-9,14,19,21H2,1-5H3,(H,34,35,36,37). The second-order valence-corrected chi connectivity index (χ2v) is 10.3. The predicted molar refractivity (Wildman–Crippen MR) is 163 cm³/mol. The van der Waals surface area contributed by atoms with E-state index in [1.54, 1.807) is 17.9 Å². The molecular weight excluding hydrogens is 530 g/mol. The van der Waals surface area contributed by atoms with Crippen LogP contribution in [0.1, 0.15) is 75.8 Å². The molecule has 0 aliphatic rings. The van der Waals surface area contributed by atoms with Crippen molar-refractivity contribution in [2.45, 2.75) is 66.8 Å². The third-order valence-corrected chi connectivity index (χ3v) is 6.75. The molecule has 0 aliphatic carbocycles. The van der Waals surface area contributed by atoms with Gasteiger partial charge in [0, 0.05) is 31.1 Å². The lowest BCUT2D eigenvalue weighted by molar-refractivity contribution is -0.114. The average Bonchev–Trinajstić information content (AvgIpc) is 3.64. The van der Waals surface area contributed by atoms with Crippen LogP contribution in [0, 0.1) is 0 Å². The Hall–Kier alpha value is -4.60. The lowest BCUT2D eigenvalue weighted by atomic mass is 9.98. The summed E-state index contributed by atoms with van der Waals surface area (Å²) in [5, 5.41) is 14.5. The lowest BCUT2D eigenvalue weighted by Gasteiger charge is -2.20. The van der Waals surface area contributed by atoms with Crippen molar-refractivity contribution in [3.63, 3.8) is 0 Å². The van der Waals surface area contributed by atoms with E-state index >= 15 is 0 Å². The number of hydrogen-bond donors (Lipinski definition) is 1. The number of benzene rings is 2. The van der Waals surface area contributed by atoms with Crippen molar-refractivity contribution in [3.05, 3.63) is 77.3 Å². The highest BCUT2D eigenvalue weighted by molar-refractivity contribution is 6.05. The van der Waals surface area contributed by atoms with Crippen LogP contribution in [-0.2, 0) is 22.5 Å². The van der Waals surface area contributed by atoms with Crippen molar-refractivity contribution in [1.29, 1.82) is 0 Å². The summed E-state index contributed by atoms with van der Waals surface area (Å²) in [6.45, 7) is 10.7. The Morgan fingerprint density at radius 2 is 1.74 bits per heavy atom. The number of allylic oxidation sites excluding steroid dienone is 1. The summed E-state index contributed by atoms with van der Waals surface area (Å²) >= 11 is 0. The Labute approximate surface area is 246 Å². The summed E-state index contributed by atoms with van der Waals surface area (Å²) in [6.07, 6.45) is 4.85. The van der Waals surface area contributed by atoms with E-state index in [2.05, 4.69) is 27.5 Å². The van der Waals surface area contributed by atoms with Gasteiger partial charge in [-0.1, -0.05) is 74.4 Å². The molecule has 10 nitrogen and oxygen atoms in total. The van der Waals surface area contributed by atoms with Gasteiger partial charge in [0.05, 0.1) is 6.61 Å². The number of nitrogens with zero attached hydrogens (tertiary/aromatic N) is 6. The zero-order valence-corrected chi connectivity index (χ0v) is 25.1. The van der Waals surface area contributed by atoms with Gasteiger partial charge in [0.2, 0.25) is 5.82 Å². The Balaban J connectivity index is 1.77. The maximum atomic E-state index is 13.5. The first-order valence-corrected chi connectivity index (χ1v) is 14.5. The summed E-state index contributed by atoms with van der Waals surface area (Å²) in [5.74, 6) is 0.958. The van der Waals surface area contributed by atoms with Crippen molar-refractivity contribution in [2.24, 2.45) is 0 Å². The van der Waals surface area contributed by atoms with E-state index in [4.69, 9.17) is 9.72 Å². The number of aromatic nitrogens is 6. The summed E-state index contributed by atoms with van der Waals surface area (Å²) in [7, 11) is 0. The number of ether oxygens (including phenoxy) is 1. The quantitative estimate of drug-likeness (QED) is 0.155. The number of rotatable bonds is 13. The molecule has 4 aromatic rings. The van der Waals surface area contributed by atoms with Crippen LogP contribution >= 0.6 is 0 Å². The van der Waals surface area contributed by atoms with Crippen LogP contribution in [0.2, 0.25) is 0 Å². The first kappa shape index (κ1) is 30.4. The first-order valence-electron chi connectivity index (χ1n) is 14.5. The van der Waals surface area contributed by atoms with Crippen LogP contribution in [-0.4, -0.2) is 55.2 Å². The largest absolute Gasteiger partial charge is 0.461 e. The number of amides is 1. The predicted octanol–water partition coefficient (Wildman–Crippen LogP) is 6.01. The molecule has 0 unspecified atom stereocenters. The van der Waals surface area contributed by atoms with E-state index in [-0.39, 0.29) is 12.5 Å². The number of unbranched alkanes of at least 4 members (excludes halogenated alkanes) is 1. The number of nitrogens with one attached hydrogen (secondary N) is 1. The van der Waals surface area contributed by atoms with Gasteiger partial charge in [0.1, 0.15) is 5.82 Å². The van der Waals surface area contributed by atoms with E-state index in [0.29, 0.717) is 43.3 Å². The van der Waals surface area contributed by atoms with Gasteiger partial charge >= 0.3 is 5.97 Å². The molecule has 2 heterocycles. The molecule has 0 bridgehead atoms. The number of tetrazole rings is 1. The van der Waals surface area contributed by atoms with E-state index in [9.17, 15) is 9.59 Å². The molecule has 0 fully saturated rings. The molecule has 4 rings (SSSR count). The fourth-order valence-electron chi connectivity index (χ4n) is 4.82.